The van der Waals surface area contributed by atoms with E-state index < -0.39 is 0 Å². The Balaban J connectivity index is 2.03. The van der Waals surface area contributed by atoms with Gasteiger partial charge in [-0.25, -0.2) is 0 Å². The summed E-state index contributed by atoms with van der Waals surface area (Å²) in [5.41, 5.74) is 0. The number of rotatable bonds is 4. The van der Waals surface area contributed by atoms with Crippen molar-refractivity contribution in [1.82, 2.24) is 0 Å². The van der Waals surface area contributed by atoms with Crippen LogP contribution in [0.1, 0.15) is 26.2 Å². The Morgan fingerprint density at radius 2 is 2.09 bits per heavy atom. The van der Waals surface area contributed by atoms with E-state index in [1.807, 2.05) is 6.08 Å². The second kappa shape index (κ2) is 5.33. The summed E-state index contributed by atoms with van der Waals surface area (Å²) in [6, 6.07) is 0. The summed E-state index contributed by atoms with van der Waals surface area (Å²) in [4.78, 5) is 0. The summed E-state index contributed by atoms with van der Waals surface area (Å²) >= 11 is 0. The molecule has 0 spiro atoms. The van der Waals surface area contributed by atoms with Gasteiger partial charge in [0, 0.05) is 0 Å². The molecule has 0 atom stereocenters. The van der Waals surface area contributed by atoms with E-state index in [0.29, 0.717) is 0 Å². The fraction of sp³-hybridized carbons (Fsp3) is 0.778. The van der Waals surface area contributed by atoms with E-state index in [-0.39, 0.29) is 6.29 Å². The number of allylic oxidation sites excluding steroid dienone is 1. The molecule has 2 heteroatoms. The quantitative estimate of drug-likeness (QED) is 0.458. The number of ether oxygens (including phenoxy) is 2. The Hall–Kier alpha value is -0.340. The van der Waals surface area contributed by atoms with Crippen molar-refractivity contribution in [2.24, 2.45) is 0 Å². The minimum atomic E-state index is -0.0631. The second-order valence-electron chi connectivity index (χ2n) is 2.68. The molecule has 1 rings (SSSR count). The molecular weight excluding hydrogens is 140 g/mol. The van der Waals surface area contributed by atoms with Crippen molar-refractivity contribution >= 4 is 0 Å². The van der Waals surface area contributed by atoms with E-state index in [0.717, 1.165) is 19.6 Å². The molecule has 1 heterocycles. The standard InChI is InChI=1S/C9H16O2/c1-2-3-4-5-6-9-10-7-8-11-9/h5-6,9H,2-4,7-8H2,1H3/b6-5+. The molecule has 0 aliphatic carbocycles. The Morgan fingerprint density at radius 1 is 1.36 bits per heavy atom. The summed E-state index contributed by atoms with van der Waals surface area (Å²) in [6.07, 6.45) is 7.72. The molecule has 0 radical (unpaired) electrons. The molecule has 0 aromatic rings. The largest absolute Gasteiger partial charge is 0.347 e. The molecule has 0 bridgehead atoms. The Morgan fingerprint density at radius 3 is 2.73 bits per heavy atom. The Bertz CT molecular complexity index is 115. The molecule has 0 amide bonds. The normalized spacial score (nSPS) is 20.1. The lowest BCUT2D eigenvalue weighted by Gasteiger charge is -2.00. The molecule has 1 aliphatic heterocycles. The zero-order chi connectivity index (χ0) is 7.94. The molecule has 0 saturated carbocycles. The molecule has 1 fully saturated rings. The van der Waals surface area contributed by atoms with Gasteiger partial charge in [0.1, 0.15) is 0 Å². The zero-order valence-electron chi connectivity index (χ0n) is 7.08. The van der Waals surface area contributed by atoms with Gasteiger partial charge in [-0.2, -0.15) is 0 Å². The van der Waals surface area contributed by atoms with Gasteiger partial charge in [0.05, 0.1) is 13.2 Å². The highest BCUT2D eigenvalue weighted by Gasteiger charge is 2.10. The van der Waals surface area contributed by atoms with Gasteiger partial charge in [-0.05, 0) is 12.5 Å². The van der Waals surface area contributed by atoms with E-state index >= 15 is 0 Å². The monoisotopic (exact) mass is 156 g/mol. The van der Waals surface area contributed by atoms with E-state index in [2.05, 4.69) is 13.0 Å². The van der Waals surface area contributed by atoms with Crippen molar-refractivity contribution in [1.29, 1.82) is 0 Å². The van der Waals surface area contributed by atoms with Crippen LogP contribution in [0.5, 0.6) is 0 Å². The minimum absolute atomic E-state index is 0.0631. The third-order valence-corrected chi connectivity index (χ3v) is 1.67. The number of unbranched alkanes of at least 4 members (excludes halogenated alkanes) is 2. The third-order valence-electron chi connectivity index (χ3n) is 1.67. The van der Waals surface area contributed by atoms with Crippen LogP contribution in [-0.4, -0.2) is 19.5 Å². The fourth-order valence-electron chi connectivity index (χ4n) is 1.02. The summed E-state index contributed by atoms with van der Waals surface area (Å²) in [5.74, 6) is 0. The maximum absolute atomic E-state index is 5.22. The molecule has 64 valence electrons. The Labute approximate surface area is 68.2 Å². The van der Waals surface area contributed by atoms with Crippen LogP contribution >= 0.6 is 0 Å². The highest BCUT2D eigenvalue weighted by molar-refractivity contribution is 4.86. The van der Waals surface area contributed by atoms with Crippen LogP contribution in [0.25, 0.3) is 0 Å². The average Bonchev–Trinajstić information content (AvgIpc) is 2.50. The van der Waals surface area contributed by atoms with Gasteiger partial charge in [-0.3, -0.25) is 0 Å². The van der Waals surface area contributed by atoms with Gasteiger partial charge in [-0.15, -0.1) is 0 Å². The van der Waals surface area contributed by atoms with Crippen LogP contribution in [-0.2, 0) is 9.47 Å². The molecule has 0 N–H and O–H groups in total. The van der Waals surface area contributed by atoms with Crippen LogP contribution < -0.4 is 0 Å². The minimum Gasteiger partial charge on any atom is -0.347 e. The van der Waals surface area contributed by atoms with Crippen molar-refractivity contribution in [3.05, 3.63) is 12.2 Å². The maximum atomic E-state index is 5.22. The van der Waals surface area contributed by atoms with Gasteiger partial charge in [0.15, 0.2) is 6.29 Å². The van der Waals surface area contributed by atoms with Gasteiger partial charge in [-0.1, -0.05) is 25.8 Å². The average molecular weight is 156 g/mol. The van der Waals surface area contributed by atoms with Crippen molar-refractivity contribution in [2.75, 3.05) is 13.2 Å². The second-order valence-corrected chi connectivity index (χ2v) is 2.68. The molecule has 1 aliphatic rings. The van der Waals surface area contributed by atoms with Gasteiger partial charge in [0.2, 0.25) is 0 Å². The lowest BCUT2D eigenvalue weighted by atomic mass is 10.2. The van der Waals surface area contributed by atoms with E-state index in [4.69, 9.17) is 9.47 Å². The number of hydrogen-bond donors (Lipinski definition) is 0. The van der Waals surface area contributed by atoms with Crippen molar-refractivity contribution in [3.8, 4) is 0 Å². The number of hydrogen-bond acceptors (Lipinski definition) is 2. The lowest BCUT2D eigenvalue weighted by molar-refractivity contribution is -0.00173. The SMILES string of the molecule is CCCC/C=C/C1OCCO1. The molecule has 11 heavy (non-hydrogen) atoms. The predicted molar refractivity (Wildman–Crippen MR) is 44.4 cm³/mol. The van der Waals surface area contributed by atoms with Crippen LogP contribution in [0.4, 0.5) is 0 Å². The van der Waals surface area contributed by atoms with Gasteiger partial charge < -0.3 is 9.47 Å². The summed E-state index contributed by atoms with van der Waals surface area (Å²) < 4.78 is 10.4. The molecule has 0 unspecified atom stereocenters. The van der Waals surface area contributed by atoms with Gasteiger partial charge in [0.25, 0.3) is 0 Å². The molecule has 0 aromatic carbocycles. The van der Waals surface area contributed by atoms with Crippen LogP contribution in [0.3, 0.4) is 0 Å². The molecular formula is C9H16O2. The summed E-state index contributed by atoms with van der Waals surface area (Å²) in [7, 11) is 0. The summed E-state index contributed by atoms with van der Waals surface area (Å²) in [6.45, 7) is 3.67. The first kappa shape index (κ1) is 8.75. The lowest BCUT2D eigenvalue weighted by Crippen LogP contribution is -2.01. The Kier molecular flexibility index (Phi) is 4.24. The smallest absolute Gasteiger partial charge is 0.177 e. The first-order chi connectivity index (χ1) is 5.43. The van der Waals surface area contributed by atoms with Crippen molar-refractivity contribution in [2.45, 2.75) is 32.5 Å². The zero-order valence-corrected chi connectivity index (χ0v) is 7.08. The molecule has 1 saturated heterocycles. The predicted octanol–water partition coefficient (Wildman–Crippen LogP) is 2.11. The first-order valence-corrected chi connectivity index (χ1v) is 4.33. The van der Waals surface area contributed by atoms with Crippen LogP contribution in [0.2, 0.25) is 0 Å². The maximum Gasteiger partial charge on any atom is 0.177 e. The van der Waals surface area contributed by atoms with Crippen LogP contribution in [0.15, 0.2) is 12.2 Å². The van der Waals surface area contributed by atoms with Gasteiger partial charge >= 0.3 is 0 Å². The highest BCUT2D eigenvalue weighted by Crippen LogP contribution is 2.05. The highest BCUT2D eigenvalue weighted by atomic mass is 16.7. The van der Waals surface area contributed by atoms with Crippen molar-refractivity contribution in [3.63, 3.8) is 0 Å². The first-order valence-electron chi connectivity index (χ1n) is 4.33. The van der Waals surface area contributed by atoms with E-state index in [9.17, 15) is 0 Å². The third kappa shape index (κ3) is 3.54. The van der Waals surface area contributed by atoms with E-state index in [1.165, 1.54) is 12.8 Å². The van der Waals surface area contributed by atoms with Crippen LogP contribution in [0, 0.1) is 0 Å². The van der Waals surface area contributed by atoms with E-state index in [1.54, 1.807) is 0 Å². The summed E-state index contributed by atoms with van der Waals surface area (Å²) in [5, 5.41) is 0. The molecule has 0 aromatic heterocycles. The van der Waals surface area contributed by atoms with Crippen molar-refractivity contribution < 1.29 is 9.47 Å². The molecule has 2 nitrogen and oxygen atoms in total. The fourth-order valence-corrected chi connectivity index (χ4v) is 1.02. The topological polar surface area (TPSA) is 18.5 Å².